The number of carbonyl (C=O) groups is 1. The number of benzene rings is 1. The lowest BCUT2D eigenvalue weighted by Gasteiger charge is -2.25. The van der Waals surface area contributed by atoms with E-state index in [1.165, 1.54) is 17.0 Å². The summed E-state index contributed by atoms with van der Waals surface area (Å²) in [6, 6.07) is 5.70. The van der Waals surface area contributed by atoms with Crippen LogP contribution in [0, 0.1) is 11.7 Å². The molecule has 2 atom stereocenters. The zero-order chi connectivity index (χ0) is 16.3. The van der Waals surface area contributed by atoms with Gasteiger partial charge in [0, 0.05) is 6.54 Å². The average molecular weight is 318 g/mol. The van der Waals surface area contributed by atoms with Gasteiger partial charge in [0.05, 0.1) is 19.1 Å². The van der Waals surface area contributed by atoms with Crippen molar-refractivity contribution in [2.45, 2.75) is 25.6 Å². The van der Waals surface area contributed by atoms with Crippen LogP contribution in [0.3, 0.4) is 0 Å². The van der Waals surface area contributed by atoms with Crippen LogP contribution in [0.4, 0.5) is 17.6 Å². The van der Waals surface area contributed by atoms with Crippen LogP contribution in [-0.4, -0.2) is 36.6 Å². The first kappa shape index (κ1) is 16.7. The van der Waals surface area contributed by atoms with Gasteiger partial charge < -0.3 is 10.2 Å². The van der Waals surface area contributed by atoms with Crippen LogP contribution >= 0.6 is 0 Å². The van der Waals surface area contributed by atoms with E-state index >= 15 is 0 Å². The highest BCUT2D eigenvalue weighted by molar-refractivity contribution is 5.79. The number of likely N-dealkylation sites (tertiary alicyclic amines) is 1. The molecule has 1 aromatic rings. The van der Waals surface area contributed by atoms with Crippen LogP contribution in [0.2, 0.25) is 0 Å². The molecule has 0 spiro atoms. The second-order valence-corrected chi connectivity index (χ2v) is 5.68. The monoisotopic (exact) mass is 318 g/mol. The molecule has 0 aromatic heterocycles. The third kappa shape index (κ3) is 4.43. The largest absolute Gasteiger partial charge is 0.401 e. The second-order valence-electron chi connectivity index (χ2n) is 5.68. The fourth-order valence-electron chi connectivity index (χ4n) is 2.76. The van der Waals surface area contributed by atoms with E-state index in [4.69, 9.17) is 0 Å². The van der Waals surface area contributed by atoms with Gasteiger partial charge in [0.15, 0.2) is 0 Å². The summed E-state index contributed by atoms with van der Waals surface area (Å²) in [5.41, 5.74) is 0.675. The van der Waals surface area contributed by atoms with E-state index in [1.54, 1.807) is 12.1 Å². The molecule has 7 heteroatoms. The van der Waals surface area contributed by atoms with Gasteiger partial charge in [-0.25, -0.2) is 4.39 Å². The Morgan fingerprint density at radius 3 is 2.77 bits per heavy atom. The van der Waals surface area contributed by atoms with Crippen molar-refractivity contribution in [2.75, 3.05) is 19.6 Å². The summed E-state index contributed by atoms with van der Waals surface area (Å²) in [6.07, 6.45) is -3.67. The summed E-state index contributed by atoms with van der Waals surface area (Å²) in [5, 5.41) is 2.11. The van der Waals surface area contributed by atoms with Crippen LogP contribution in [0.5, 0.6) is 0 Å². The first-order valence-corrected chi connectivity index (χ1v) is 7.08. The van der Waals surface area contributed by atoms with Crippen LogP contribution in [0.25, 0.3) is 0 Å². The molecule has 1 amide bonds. The van der Waals surface area contributed by atoms with E-state index < -0.39 is 18.6 Å². The van der Waals surface area contributed by atoms with Gasteiger partial charge in [0.2, 0.25) is 5.91 Å². The minimum absolute atomic E-state index is 0.222. The molecule has 1 aromatic carbocycles. The fourth-order valence-corrected chi connectivity index (χ4v) is 2.76. The zero-order valence-corrected chi connectivity index (χ0v) is 12.2. The molecule has 2 unspecified atom stereocenters. The van der Waals surface area contributed by atoms with Gasteiger partial charge >= 0.3 is 6.18 Å². The Balaban J connectivity index is 2.03. The number of nitrogens with zero attached hydrogens (tertiary/aromatic N) is 1. The quantitative estimate of drug-likeness (QED) is 0.866. The third-order valence-electron chi connectivity index (χ3n) is 3.67. The van der Waals surface area contributed by atoms with Crippen molar-refractivity contribution in [3.05, 3.63) is 35.6 Å². The van der Waals surface area contributed by atoms with Gasteiger partial charge in [-0.05, 0) is 30.0 Å². The Bertz CT molecular complexity index is 533. The highest BCUT2D eigenvalue weighted by Gasteiger charge is 2.34. The molecule has 1 aliphatic rings. The molecule has 1 aliphatic heterocycles. The first-order chi connectivity index (χ1) is 10.3. The molecule has 1 saturated heterocycles. The summed E-state index contributed by atoms with van der Waals surface area (Å²) in [6.45, 7) is 0.848. The molecule has 0 radical (unpaired) electrons. The summed E-state index contributed by atoms with van der Waals surface area (Å²) >= 11 is 0. The van der Waals surface area contributed by atoms with E-state index in [0.29, 0.717) is 18.5 Å². The lowest BCUT2D eigenvalue weighted by molar-refractivity contribution is -0.135. The predicted octanol–water partition coefficient (Wildman–Crippen LogP) is 2.89. The molecule has 22 heavy (non-hydrogen) atoms. The third-order valence-corrected chi connectivity index (χ3v) is 3.67. The summed E-state index contributed by atoms with van der Waals surface area (Å²) in [4.78, 5) is 13.7. The van der Waals surface area contributed by atoms with Crippen LogP contribution < -0.4 is 5.32 Å². The summed E-state index contributed by atoms with van der Waals surface area (Å²) < 4.78 is 49.6. The molecule has 0 bridgehead atoms. The first-order valence-electron chi connectivity index (χ1n) is 7.08. The highest BCUT2D eigenvalue weighted by atomic mass is 19.4. The number of halogens is 4. The number of hydrogen-bond acceptors (Lipinski definition) is 2. The zero-order valence-electron chi connectivity index (χ0n) is 12.2. The van der Waals surface area contributed by atoms with Gasteiger partial charge in [0.25, 0.3) is 0 Å². The molecular formula is C15H18F4N2O. The second kappa shape index (κ2) is 6.64. The Morgan fingerprint density at radius 2 is 2.14 bits per heavy atom. The van der Waals surface area contributed by atoms with Crippen molar-refractivity contribution in [3.8, 4) is 0 Å². The lowest BCUT2D eigenvalue weighted by Crippen LogP contribution is -2.40. The Kier molecular flexibility index (Phi) is 5.05. The van der Waals surface area contributed by atoms with E-state index in [9.17, 15) is 22.4 Å². The van der Waals surface area contributed by atoms with Crippen molar-refractivity contribution >= 4 is 5.91 Å². The van der Waals surface area contributed by atoms with Crippen molar-refractivity contribution in [1.29, 1.82) is 0 Å². The van der Waals surface area contributed by atoms with Gasteiger partial charge in [-0.2, -0.15) is 13.2 Å². The normalized spacial score (nSPS) is 22.1. The molecule has 2 rings (SSSR count). The maximum Gasteiger partial charge on any atom is 0.401 e. The number of alkyl halides is 3. The van der Waals surface area contributed by atoms with Crippen LogP contribution in [0.1, 0.15) is 24.9 Å². The van der Waals surface area contributed by atoms with Crippen LogP contribution in [0.15, 0.2) is 24.3 Å². The molecule has 1 fully saturated rings. The fraction of sp³-hybridized carbons (Fsp3) is 0.533. The van der Waals surface area contributed by atoms with Crippen molar-refractivity contribution < 1.29 is 22.4 Å². The van der Waals surface area contributed by atoms with E-state index in [2.05, 4.69) is 5.32 Å². The van der Waals surface area contributed by atoms with E-state index in [1.807, 2.05) is 6.92 Å². The molecule has 3 nitrogen and oxygen atoms in total. The summed E-state index contributed by atoms with van der Waals surface area (Å²) in [7, 11) is 0. The molecule has 122 valence electrons. The minimum atomic E-state index is -4.35. The van der Waals surface area contributed by atoms with Gasteiger partial charge in [0.1, 0.15) is 5.82 Å². The molecule has 0 aliphatic carbocycles. The summed E-state index contributed by atoms with van der Waals surface area (Å²) in [5.74, 6) is -0.567. The SMILES string of the molecule is CC1CC(c2cccc(F)c2)N(C(=O)CNCC(F)(F)F)C1. The molecule has 0 saturated carbocycles. The average Bonchev–Trinajstić information content (AvgIpc) is 2.79. The standard InChI is InChI=1S/C15H18F4N2O/c1-10-5-13(11-3-2-4-12(16)6-11)21(8-10)14(22)7-20-9-15(17,18)19/h2-4,6,10,13,20H,5,7-9H2,1H3. The highest BCUT2D eigenvalue weighted by Crippen LogP contribution is 2.35. The molecular weight excluding hydrogens is 300 g/mol. The maximum atomic E-state index is 13.3. The smallest absolute Gasteiger partial charge is 0.334 e. The number of amides is 1. The Morgan fingerprint density at radius 1 is 1.41 bits per heavy atom. The van der Waals surface area contributed by atoms with Gasteiger partial charge in [-0.15, -0.1) is 0 Å². The van der Waals surface area contributed by atoms with E-state index in [0.717, 1.165) is 0 Å². The van der Waals surface area contributed by atoms with Crippen LogP contribution in [-0.2, 0) is 4.79 Å². The number of carbonyl (C=O) groups excluding carboxylic acids is 1. The van der Waals surface area contributed by atoms with E-state index in [-0.39, 0.29) is 24.3 Å². The van der Waals surface area contributed by atoms with Crippen molar-refractivity contribution in [2.24, 2.45) is 5.92 Å². The number of hydrogen-bond donors (Lipinski definition) is 1. The lowest BCUT2D eigenvalue weighted by atomic mass is 10.0. The van der Waals surface area contributed by atoms with Gasteiger partial charge in [-0.3, -0.25) is 4.79 Å². The molecule has 1 heterocycles. The number of rotatable bonds is 4. The predicted molar refractivity (Wildman–Crippen MR) is 73.6 cm³/mol. The maximum absolute atomic E-state index is 13.3. The Labute approximate surface area is 126 Å². The van der Waals surface area contributed by atoms with Crippen molar-refractivity contribution in [3.63, 3.8) is 0 Å². The minimum Gasteiger partial charge on any atom is -0.334 e. The van der Waals surface area contributed by atoms with Gasteiger partial charge in [-0.1, -0.05) is 19.1 Å². The topological polar surface area (TPSA) is 32.3 Å². The van der Waals surface area contributed by atoms with Crippen molar-refractivity contribution in [1.82, 2.24) is 10.2 Å². The Hall–Kier alpha value is -1.63. The molecule has 1 N–H and O–H groups in total. The number of nitrogens with one attached hydrogen (secondary N) is 1.